The molecule has 1 N–H and O–H groups in total. The first-order valence-electron chi connectivity index (χ1n) is 9.29. The Labute approximate surface area is 177 Å². The molecule has 29 heavy (non-hydrogen) atoms. The van der Waals surface area contributed by atoms with Crippen LogP contribution < -0.4 is 15.6 Å². The number of methoxy groups -OCH3 is 1. The molecule has 0 saturated heterocycles. The lowest BCUT2D eigenvalue weighted by atomic mass is 10.1. The molecule has 0 spiro atoms. The molecule has 1 heterocycles. The third-order valence-electron chi connectivity index (χ3n) is 4.40. The number of nitrogens with one attached hydrogen (secondary N) is 1. The van der Waals surface area contributed by atoms with Crippen LogP contribution in [0, 0.1) is 0 Å². The van der Waals surface area contributed by atoms with Crippen molar-refractivity contribution < 1.29 is 9.53 Å². The quantitative estimate of drug-likeness (QED) is 0.560. The number of halogens is 1. The van der Waals surface area contributed by atoms with Gasteiger partial charge >= 0.3 is 0 Å². The molecule has 0 aliphatic carbocycles. The number of aromatic nitrogens is 2. The van der Waals surface area contributed by atoms with Gasteiger partial charge in [-0.2, -0.15) is 5.10 Å². The Hall–Kier alpha value is -2.93. The van der Waals surface area contributed by atoms with Gasteiger partial charge in [0, 0.05) is 35.6 Å². The van der Waals surface area contributed by atoms with Crippen LogP contribution in [0.3, 0.4) is 0 Å². The fourth-order valence-electron chi connectivity index (χ4n) is 2.84. The second kappa shape index (κ2) is 10.0. The summed E-state index contributed by atoms with van der Waals surface area (Å²) in [5.74, 6) is 0.692. The first-order chi connectivity index (χ1) is 14.0. The van der Waals surface area contributed by atoms with Crippen molar-refractivity contribution in [2.24, 2.45) is 0 Å². The average molecular weight is 456 g/mol. The molecule has 0 saturated carbocycles. The number of carbonyl (C=O) groups is 1. The molecule has 0 aliphatic heterocycles. The molecule has 0 aliphatic rings. The summed E-state index contributed by atoms with van der Waals surface area (Å²) < 4.78 is 7.57. The first-order valence-corrected chi connectivity index (χ1v) is 10.1. The SMILES string of the molecule is COc1cccc(CNC(=O)CCCn2nc(-c3ccc(Br)cc3)ccc2=O)c1. The van der Waals surface area contributed by atoms with Crippen LogP contribution in [-0.2, 0) is 17.9 Å². The third kappa shape index (κ3) is 6.02. The number of amides is 1. The Balaban J connectivity index is 1.53. The smallest absolute Gasteiger partial charge is 0.266 e. The molecule has 0 bridgehead atoms. The van der Waals surface area contributed by atoms with E-state index < -0.39 is 0 Å². The van der Waals surface area contributed by atoms with Gasteiger partial charge in [-0.25, -0.2) is 4.68 Å². The molecule has 3 rings (SSSR count). The van der Waals surface area contributed by atoms with Crippen LogP contribution in [0.1, 0.15) is 18.4 Å². The van der Waals surface area contributed by atoms with E-state index in [4.69, 9.17) is 4.74 Å². The van der Waals surface area contributed by atoms with Gasteiger partial charge in [-0.05, 0) is 42.3 Å². The van der Waals surface area contributed by atoms with E-state index in [1.807, 2.05) is 48.5 Å². The summed E-state index contributed by atoms with van der Waals surface area (Å²) >= 11 is 3.41. The Morgan fingerprint density at radius 3 is 2.69 bits per heavy atom. The summed E-state index contributed by atoms with van der Waals surface area (Å²) in [5.41, 5.74) is 2.44. The number of ether oxygens (including phenoxy) is 1. The van der Waals surface area contributed by atoms with E-state index >= 15 is 0 Å². The summed E-state index contributed by atoms with van der Waals surface area (Å²) in [4.78, 5) is 24.2. The van der Waals surface area contributed by atoms with E-state index in [-0.39, 0.29) is 11.5 Å². The van der Waals surface area contributed by atoms with Crippen molar-refractivity contribution >= 4 is 21.8 Å². The van der Waals surface area contributed by atoms with E-state index in [9.17, 15) is 9.59 Å². The molecule has 0 unspecified atom stereocenters. The third-order valence-corrected chi connectivity index (χ3v) is 4.93. The largest absolute Gasteiger partial charge is 0.497 e. The van der Waals surface area contributed by atoms with Crippen LogP contribution in [0.15, 0.2) is 69.9 Å². The van der Waals surface area contributed by atoms with Crippen molar-refractivity contribution in [3.05, 3.63) is 81.1 Å². The average Bonchev–Trinajstić information content (AvgIpc) is 2.74. The molecule has 7 heteroatoms. The summed E-state index contributed by atoms with van der Waals surface area (Å²) in [6, 6.07) is 18.5. The van der Waals surface area contributed by atoms with Crippen LogP contribution in [0.5, 0.6) is 5.75 Å². The van der Waals surface area contributed by atoms with Gasteiger partial charge in [-0.15, -0.1) is 0 Å². The van der Waals surface area contributed by atoms with Crippen LogP contribution in [-0.4, -0.2) is 22.8 Å². The molecule has 0 atom stereocenters. The minimum Gasteiger partial charge on any atom is -0.497 e. The van der Waals surface area contributed by atoms with Gasteiger partial charge in [0.2, 0.25) is 5.91 Å². The lowest BCUT2D eigenvalue weighted by molar-refractivity contribution is -0.121. The van der Waals surface area contributed by atoms with Crippen molar-refractivity contribution in [1.82, 2.24) is 15.1 Å². The fraction of sp³-hybridized carbons (Fsp3) is 0.227. The number of benzene rings is 2. The zero-order chi connectivity index (χ0) is 20.6. The number of carbonyl (C=O) groups excluding carboxylic acids is 1. The lowest BCUT2D eigenvalue weighted by Gasteiger charge is -2.09. The van der Waals surface area contributed by atoms with Gasteiger partial charge in [0.25, 0.3) is 5.56 Å². The molecular weight excluding hydrogens is 434 g/mol. The molecule has 3 aromatic rings. The van der Waals surface area contributed by atoms with E-state index in [2.05, 4.69) is 26.3 Å². The monoisotopic (exact) mass is 455 g/mol. The van der Waals surface area contributed by atoms with Gasteiger partial charge in [-0.3, -0.25) is 9.59 Å². The van der Waals surface area contributed by atoms with Crippen molar-refractivity contribution in [3.8, 4) is 17.0 Å². The van der Waals surface area contributed by atoms with Gasteiger partial charge in [0.15, 0.2) is 0 Å². The van der Waals surface area contributed by atoms with Gasteiger partial charge in [0.05, 0.1) is 12.8 Å². The van der Waals surface area contributed by atoms with Crippen molar-refractivity contribution in [1.29, 1.82) is 0 Å². The Bertz CT molecular complexity index is 1030. The van der Waals surface area contributed by atoms with E-state index in [1.54, 1.807) is 13.2 Å². The van der Waals surface area contributed by atoms with Crippen molar-refractivity contribution in [3.63, 3.8) is 0 Å². The van der Waals surface area contributed by atoms with Crippen LogP contribution in [0.4, 0.5) is 0 Å². The van der Waals surface area contributed by atoms with Crippen LogP contribution in [0.25, 0.3) is 11.3 Å². The molecule has 150 valence electrons. The molecule has 0 radical (unpaired) electrons. The Kier molecular flexibility index (Phi) is 7.19. The minimum absolute atomic E-state index is 0.0649. The predicted molar refractivity (Wildman–Crippen MR) is 116 cm³/mol. The van der Waals surface area contributed by atoms with E-state index in [0.717, 1.165) is 27.0 Å². The first kappa shape index (κ1) is 20.8. The highest BCUT2D eigenvalue weighted by Gasteiger charge is 2.06. The minimum atomic E-state index is -0.178. The number of aryl methyl sites for hydroxylation is 1. The Morgan fingerprint density at radius 2 is 1.93 bits per heavy atom. The Morgan fingerprint density at radius 1 is 1.14 bits per heavy atom. The number of nitrogens with zero attached hydrogens (tertiary/aromatic N) is 2. The molecular formula is C22H22BrN3O3. The highest BCUT2D eigenvalue weighted by atomic mass is 79.9. The second-order valence-corrected chi connectivity index (χ2v) is 7.43. The normalized spacial score (nSPS) is 10.6. The molecule has 0 fully saturated rings. The maximum absolute atomic E-state index is 12.1. The van der Waals surface area contributed by atoms with Crippen LogP contribution in [0.2, 0.25) is 0 Å². The summed E-state index contributed by atoms with van der Waals surface area (Å²) in [6.07, 6.45) is 0.848. The lowest BCUT2D eigenvalue weighted by Crippen LogP contribution is -2.25. The predicted octanol–water partition coefficient (Wildman–Crippen LogP) is 3.78. The van der Waals surface area contributed by atoms with E-state index in [1.165, 1.54) is 10.7 Å². The summed E-state index contributed by atoms with van der Waals surface area (Å²) in [5, 5.41) is 7.31. The van der Waals surface area contributed by atoms with Crippen LogP contribution >= 0.6 is 15.9 Å². The zero-order valence-electron chi connectivity index (χ0n) is 16.1. The van der Waals surface area contributed by atoms with Crippen molar-refractivity contribution in [2.45, 2.75) is 25.9 Å². The fourth-order valence-corrected chi connectivity index (χ4v) is 3.11. The second-order valence-electron chi connectivity index (χ2n) is 6.52. The maximum Gasteiger partial charge on any atom is 0.266 e. The van der Waals surface area contributed by atoms with E-state index in [0.29, 0.717) is 25.9 Å². The van der Waals surface area contributed by atoms with Crippen molar-refractivity contribution in [2.75, 3.05) is 7.11 Å². The number of hydrogen-bond acceptors (Lipinski definition) is 4. The number of hydrogen-bond donors (Lipinski definition) is 1. The summed E-state index contributed by atoms with van der Waals surface area (Å²) in [7, 11) is 1.61. The highest BCUT2D eigenvalue weighted by Crippen LogP contribution is 2.18. The van der Waals surface area contributed by atoms with Gasteiger partial charge in [0.1, 0.15) is 5.75 Å². The molecule has 1 aromatic heterocycles. The summed E-state index contributed by atoms with van der Waals surface area (Å²) in [6.45, 7) is 0.822. The van der Waals surface area contributed by atoms with Gasteiger partial charge < -0.3 is 10.1 Å². The molecule has 6 nitrogen and oxygen atoms in total. The highest BCUT2D eigenvalue weighted by molar-refractivity contribution is 9.10. The zero-order valence-corrected chi connectivity index (χ0v) is 17.7. The number of rotatable bonds is 8. The molecule has 1 amide bonds. The molecule has 2 aromatic carbocycles. The maximum atomic E-state index is 12.1. The van der Waals surface area contributed by atoms with Gasteiger partial charge in [-0.1, -0.05) is 40.2 Å². The standard InChI is InChI=1S/C22H22BrN3O3/c1-29-19-5-2-4-16(14-19)15-24-21(27)6-3-13-26-22(28)12-11-20(25-26)17-7-9-18(23)10-8-17/h2,4-5,7-12,14H,3,6,13,15H2,1H3,(H,24,27). The topological polar surface area (TPSA) is 73.2 Å².